The highest BCUT2D eigenvalue weighted by Gasteiger charge is 2.41. The van der Waals surface area contributed by atoms with E-state index in [1.54, 1.807) is 25.1 Å². The average molecular weight is 341 g/mol. The van der Waals surface area contributed by atoms with E-state index in [0.717, 1.165) is 10.4 Å². The molecule has 116 valence electrons. The minimum Gasteiger partial charge on any atom is -0.473 e. The summed E-state index contributed by atoms with van der Waals surface area (Å²) < 4.78 is 23.4. The van der Waals surface area contributed by atoms with Crippen molar-refractivity contribution in [2.45, 2.75) is 39.3 Å². The molecule has 0 radical (unpaired) electrons. The first-order chi connectivity index (χ1) is 9.62. The minimum absolute atomic E-state index is 1.16. The van der Waals surface area contributed by atoms with E-state index in [1.807, 2.05) is 12.1 Å². The summed E-state index contributed by atoms with van der Waals surface area (Å²) in [6.07, 6.45) is 6.98. The predicted molar refractivity (Wildman–Crippen MR) is 91.3 cm³/mol. The van der Waals surface area contributed by atoms with Crippen molar-refractivity contribution in [3.8, 4) is 0 Å². The van der Waals surface area contributed by atoms with Gasteiger partial charge in [-0.05, 0) is 51.4 Å². The van der Waals surface area contributed by atoms with Gasteiger partial charge in [0.05, 0.1) is 25.1 Å². The second kappa shape index (κ2) is 5.73. The zero-order valence-electron chi connectivity index (χ0n) is 13.6. The third kappa shape index (κ3) is 4.07. The maximum Gasteiger partial charge on any atom is 0.311 e. The van der Waals surface area contributed by atoms with Gasteiger partial charge < -0.3 is 17.1 Å². The van der Waals surface area contributed by atoms with Gasteiger partial charge in [-0.2, -0.15) is 0 Å². The molecule has 0 N–H and O–H groups in total. The topological polar surface area (TPSA) is 44.7 Å². The van der Waals surface area contributed by atoms with Crippen LogP contribution in [0.2, 0.25) is 39.3 Å². The van der Waals surface area contributed by atoms with E-state index in [-0.39, 0.29) is 0 Å². The molecule has 2 heterocycles. The highest BCUT2D eigenvalue weighted by Crippen LogP contribution is 2.21. The first-order valence-corrected chi connectivity index (χ1v) is 15.7. The number of furan rings is 2. The fraction of sp³-hybridized carbons (Fsp3) is 0.429. The molecule has 2 aromatic rings. The van der Waals surface area contributed by atoms with Gasteiger partial charge in [0.2, 0.25) is 16.6 Å². The maximum atomic E-state index is 6.50. The van der Waals surface area contributed by atoms with Crippen LogP contribution in [-0.4, -0.2) is 25.2 Å². The Morgan fingerprint density at radius 2 is 1.10 bits per heavy atom. The highest BCUT2D eigenvalue weighted by molar-refractivity contribution is 6.95. The lowest BCUT2D eigenvalue weighted by molar-refractivity contribution is 0.400. The van der Waals surface area contributed by atoms with Gasteiger partial charge in [-0.1, -0.05) is 0 Å². The van der Waals surface area contributed by atoms with E-state index >= 15 is 0 Å². The Hall–Kier alpha value is -0.869. The van der Waals surface area contributed by atoms with Crippen LogP contribution in [0.25, 0.3) is 0 Å². The van der Waals surface area contributed by atoms with Crippen LogP contribution in [0.5, 0.6) is 0 Å². The van der Waals surface area contributed by atoms with Gasteiger partial charge in [0.1, 0.15) is 0 Å². The van der Waals surface area contributed by atoms with Gasteiger partial charge in [-0.3, -0.25) is 0 Å². The second-order valence-corrected chi connectivity index (χ2v) is 18.3. The van der Waals surface area contributed by atoms with E-state index in [4.69, 9.17) is 17.1 Å². The zero-order valence-corrected chi connectivity index (χ0v) is 16.6. The summed E-state index contributed by atoms with van der Waals surface area (Å²) in [5.74, 6) is 0. The van der Waals surface area contributed by atoms with Crippen LogP contribution >= 0.6 is 0 Å². The van der Waals surface area contributed by atoms with Crippen LogP contribution in [-0.2, 0) is 8.23 Å². The van der Waals surface area contributed by atoms with Crippen molar-refractivity contribution in [1.29, 1.82) is 0 Å². The molecule has 0 unspecified atom stereocenters. The van der Waals surface area contributed by atoms with Crippen molar-refractivity contribution in [3.63, 3.8) is 0 Å². The molecule has 0 spiro atoms. The molecule has 0 aromatic carbocycles. The summed E-state index contributed by atoms with van der Waals surface area (Å²) in [6, 6.07) is 3.99. The molecular formula is C14H24O4Si3. The predicted octanol–water partition coefficient (Wildman–Crippen LogP) is 3.13. The zero-order chi connectivity index (χ0) is 15.7. The molecule has 2 aromatic heterocycles. The molecular weight excluding hydrogens is 316 g/mol. The second-order valence-electron chi connectivity index (χ2n) is 6.65. The molecule has 0 atom stereocenters. The van der Waals surface area contributed by atoms with Gasteiger partial charge in [0, 0.05) is 10.4 Å². The van der Waals surface area contributed by atoms with Crippen molar-refractivity contribution >= 4 is 35.6 Å². The average Bonchev–Trinajstić information content (AvgIpc) is 3.00. The monoisotopic (exact) mass is 340 g/mol. The Morgan fingerprint density at radius 1 is 0.714 bits per heavy atom. The summed E-state index contributed by atoms with van der Waals surface area (Å²) in [5.41, 5.74) is 0. The molecule has 2 rings (SSSR count). The first kappa shape index (κ1) is 16.5. The Bertz CT molecular complexity index is 509. The van der Waals surface area contributed by atoms with Crippen LogP contribution < -0.4 is 10.4 Å². The van der Waals surface area contributed by atoms with E-state index in [9.17, 15) is 0 Å². The molecule has 0 saturated carbocycles. The van der Waals surface area contributed by atoms with Crippen LogP contribution in [0.3, 0.4) is 0 Å². The molecule has 4 nitrogen and oxygen atoms in total. The number of hydrogen-bond donors (Lipinski definition) is 0. The third-order valence-corrected chi connectivity index (χ3v) is 14.8. The Balaban J connectivity index is 2.12. The minimum atomic E-state index is -2.25. The van der Waals surface area contributed by atoms with Crippen molar-refractivity contribution < 1.29 is 17.1 Å². The van der Waals surface area contributed by atoms with Crippen molar-refractivity contribution in [2.24, 2.45) is 0 Å². The Labute approximate surface area is 129 Å². The van der Waals surface area contributed by atoms with Gasteiger partial charge in [0.15, 0.2) is 0 Å². The lowest BCUT2D eigenvalue weighted by Crippen LogP contribution is -2.59. The molecule has 0 aliphatic rings. The summed E-state index contributed by atoms with van der Waals surface area (Å²) in [5, 5.41) is 2.32. The molecule has 0 bridgehead atoms. The van der Waals surface area contributed by atoms with Gasteiger partial charge in [-0.25, -0.2) is 0 Å². The summed E-state index contributed by atoms with van der Waals surface area (Å²) >= 11 is 0. The third-order valence-electron chi connectivity index (χ3n) is 3.43. The van der Waals surface area contributed by atoms with Crippen molar-refractivity contribution in [1.82, 2.24) is 0 Å². The van der Waals surface area contributed by atoms with Gasteiger partial charge in [-0.15, -0.1) is 0 Å². The lowest BCUT2D eigenvalue weighted by Gasteiger charge is -2.38. The molecule has 0 amide bonds. The normalized spacial score (nSPS) is 13.6. The fourth-order valence-electron chi connectivity index (χ4n) is 2.58. The largest absolute Gasteiger partial charge is 0.473 e. The number of hydrogen-bond acceptors (Lipinski definition) is 4. The van der Waals surface area contributed by atoms with Gasteiger partial charge >= 0.3 is 8.56 Å². The highest BCUT2D eigenvalue weighted by atomic mass is 28.5. The van der Waals surface area contributed by atoms with E-state index in [0.29, 0.717) is 0 Å². The fourth-order valence-corrected chi connectivity index (χ4v) is 15.5. The first-order valence-electron chi connectivity index (χ1n) is 7.08. The van der Waals surface area contributed by atoms with E-state index in [2.05, 4.69) is 39.3 Å². The standard InChI is InChI=1S/C14H24O4Si3/c1-19(2,13-7-9-15-11-13)17-21(5,6)18-20(3,4)14-8-10-16-12-14/h7-12H,1-6H3. The molecule has 0 fully saturated rings. The Morgan fingerprint density at radius 3 is 1.38 bits per heavy atom. The Kier molecular flexibility index (Phi) is 4.50. The van der Waals surface area contributed by atoms with Gasteiger partial charge in [0.25, 0.3) is 0 Å². The molecule has 0 aliphatic heterocycles. The molecule has 0 aliphatic carbocycles. The quantitative estimate of drug-likeness (QED) is 0.758. The summed E-state index contributed by atoms with van der Waals surface area (Å²) in [4.78, 5) is 0. The summed E-state index contributed by atoms with van der Waals surface area (Å²) in [6.45, 7) is 13.0. The molecule has 7 heteroatoms. The number of rotatable bonds is 6. The lowest BCUT2D eigenvalue weighted by atomic mass is 10.7. The van der Waals surface area contributed by atoms with Crippen LogP contribution in [0, 0.1) is 0 Å². The molecule has 0 saturated heterocycles. The van der Waals surface area contributed by atoms with Crippen LogP contribution in [0.4, 0.5) is 0 Å². The SMILES string of the molecule is C[Si](C)(O[Si](C)(C)c1ccoc1)O[Si](C)(C)c1ccoc1. The van der Waals surface area contributed by atoms with Crippen LogP contribution in [0.1, 0.15) is 0 Å². The van der Waals surface area contributed by atoms with E-state index < -0.39 is 25.2 Å². The maximum absolute atomic E-state index is 6.50. The molecule has 21 heavy (non-hydrogen) atoms. The van der Waals surface area contributed by atoms with E-state index in [1.165, 1.54) is 0 Å². The van der Waals surface area contributed by atoms with Crippen molar-refractivity contribution in [3.05, 3.63) is 37.2 Å². The van der Waals surface area contributed by atoms with Crippen LogP contribution in [0.15, 0.2) is 46.0 Å². The van der Waals surface area contributed by atoms with Crippen molar-refractivity contribution in [2.75, 3.05) is 0 Å². The summed E-state index contributed by atoms with van der Waals surface area (Å²) in [7, 11) is -6.26. The smallest absolute Gasteiger partial charge is 0.311 e.